The first-order valence-corrected chi connectivity index (χ1v) is 7.78. The van der Waals surface area contributed by atoms with E-state index >= 15 is 0 Å². The molecule has 0 aliphatic rings. The van der Waals surface area contributed by atoms with Crippen LogP contribution in [0, 0.1) is 0 Å². The van der Waals surface area contributed by atoms with Gasteiger partial charge in [-0.15, -0.1) is 0 Å². The van der Waals surface area contributed by atoms with E-state index in [0.717, 1.165) is 22.6 Å². The average molecular weight is 320 g/mol. The second-order valence-corrected chi connectivity index (χ2v) is 5.75. The van der Waals surface area contributed by atoms with E-state index in [9.17, 15) is 4.79 Å². The second-order valence-electron chi connectivity index (χ2n) is 5.75. The quantitative estimate of drug-likeness (QED) is 0.785. The van der Waals surface area contributed by atoms with E-state index in [-0.39, 0.29) is 5.91 Å². The lowest BCUT2D eigenvalue weighted by Gasteiger charge is -2.13. The molecule has 0 unspecified atom stereocenters. The molecule has 5 nitrogen and oxygen atoms in total. The number of anilines is 2. The minimum Gasteiger partial charge on any atom is -0.354 e. The summed E-state index contributed by atoms with van der Waals surface area (Å²) in [5, 5.41) is 7.69. The summed E-state index contributed by atoms with van der Waals surface area (Å²) in [4.78, 5) is 13.4. The van der Waals surface area contributed by atoms with Gasteiger partial charge in [-0.25, -0.2) is 4.68 Å². The fraction of sp³-hybridized carbons (Fsp3) is 0.158. The van der Waals surface area contributed by atoms with Gasteiger partial charge in [0.05, 0.1) is 17.8 Å². The molecule has 2 aromatic carbocycles. The molecule has 0 saturated carbocycles. The Balaban J connectivity index is 1.77. The molecule has 24 heavy (non-hydrogen) atoms. The minimum absolute atomic E-state index is 0.0970. The van der Waals surface area contributed by atoms with Crippen molar-refractivity contribution >= 4 is 17.3 Å². The number of likely N-dealkylation sites (N-methyl/N-ethyl adjacent to an activating group) is 1. The van der Waals surface area contributed by atoms with Crippen LogP contribution in [0.2, 0.25) is 0 Å². The van der Waals surface area contributed by atoms with Crippen LogP contribution >= 0.6 is 0 Å². The van der Waals surface area contributed by atoms with Crippen molar-refractivity contribution in [3.63, 3.8) is 0 Å². The first kappa shape index (κ1) is 15.8. The van der Waals surface area contributed by atoms with Gasteiger partial charge in [-0.2, -0.15) is 5.10 Å². The lowest BCUT2D eigenvalue weighted by molar-refractivity contribution is -0.127. The van der Waals surface area contributed by atoms with Crippen molar-refractivity contribution in [1.82, 2.24) is 14.7 Å². The van der Waals surface area contributed by atoms with Gasteiger partial charge in [-0.3, -0.25) is 4.79 Å². The molecule has 5 heteroatoms. The number of para-hydroxylation sites is 2. The normalized spacial score (nSPS) is 10.4. The molecule has 1 N–H and O–H groups in total. The van der Waals surface area contributed by atoms with E-state index in [1.54, 1.807) is 25.2 Å². The zero-order chi connectivity index (χ0) is 16.9. The molecule has 1 aromatic heterocycles. The van der Waals surface area contributed by atoms with Crippen LogP contribution in [0.3, 0.4) is 0 Å². The van der Waals surface area contributed by atoms with Gasteiger partial charge in [0.2, 0.25) is 5.91 Å². The summed E-state index contributed by atoms with van der Waals surface area (Å²) in [6.07, 6.45) is 4.08. The predicted octanol–water partition coefficient (Wildman–Crippen LogP) is 3.25. The Hall–Kier alpha value is -3.08. The lowest BCUT2D eigenvalue weighted by Crippen LogP contribution is -2.23. The van der Waals surface area contributed by atoms with Gasteiger partial charge in [0.1, 0.15) is 0 Å². The van der Waals surface area contributed by atoms with Crippen LogP contribution in [0.4, 0.5) is 11.4 Å². The molecule has 0 radical (unpaired) electrons. The largest absolute Gasteiger partial charge is 0.354 e. The number of nitrogens with one attached hydrogen (secondary N) is 1. The molecule has 122 valence electrons. The summed E-state index contributed by atoms with van der Waals surface area (Å²) in [5.41, 5.74) is 3.92. The number of carbonyl (C=O) groups is 1. The number of benzene rings is 2. The van der Waals surface area contributed by atoms with Crippen LogP contribution in [-0.4, -0.2) is 34.7 Å². The van der Waals surface area contributed by atoms with Gasteiger partial charge in [0.25, 0.3) is 0 Å². The Bertz CT molecular complexity index is 808. The van der Waals surface area contributed by atoms with Gasteiger partial charge in [0, 0.05) is 32.2 Å². The van der Waals surface area contributed by atoms with Crippen LogP contribution in [0.1, 0.15) is 5.56 Å². The molecule has 1 amide bonds. The van der Waals surface area contributed by atoms with E-state index in [4.69, 9.17) is 0 Å². The molecular formula is C19H20N4O. The number of carbonyl (C=O) groups excluding carboxylic acids is 1. The van der Waals surface area contributed by atoms with E-state index < -0.39 is 0 Å². The molecule has 0 aliphatic heterocycles. The Labute approximate surface area is 141 Å². The van der Waals surface area contributed by atoms with Gasteiger partial charge in [0.15, 0.2) is 0 Å². The smallest absolute Gasteiger partial charge is 0.226 e. The van der Waals surface area contributed by atoms with Gasteiger partial charge in [-0.05, 0) is 35.9 Å². The molecule has 0 bridgehead atoms. The summed E-state index contributed by atoms with van der Waals surface area (Å²) in [6.45, 7) is 0. The number of nitrogens with zero attached hydrogens (tertiary/aromatic N) is 3. The highest BCUT2D eigenvalue weighted by Crippen LogP contribution is 2.24. The Morgan fingerprint density at radius 3 is 2.50 bits per heavy atom. The van der Waals surface area contributed by atoms with Crippen molar-refractivity contribution < 1.29 is 4.79 Å². The summed E-state index contributed by atoms with van der Waals surface area (Å²) in [6, 6.07) is 17.8. The molecule has 0 spiro atoms. The maximum absolute atomic E-state index is 11.8. The second kappa shape index (κ2) is 7.00. The fourth-order valence-electron chi connectivity index (χ4n) is 2.38. The summed E-state index contributed by atoms with van der Waals surface area (Å²) >= 11 is 0. The van der Waals surface area contributed by atoms with Crippen molar-refractivity contribution in [2.24, 2.45) is 0 Å². The minimum atomic E-state index is 0.0970. The van der Waals surface area contributed by atoms with Gasteiger partial charge < -0.3 is 10.2 Å². The molecule has 0 aliphatic carbocycles. The first-order valence-electron chi connectivity index (χ1n) is 7.78. The topological polar surface area (TPSA) is 50.2 Å². The number of hydrogen-bond acceptors (Lipinski definition) is 3. The first-order chi connectivity index (χ1) is 11.6. The Morgan fingerprint density at radius 2 is 1.83 bits per heavy atom. The average Bonchev–Trinajstić information content (AvgIpc) is 3.11. The van der Waals surface area contributed by atoms with Crippen molar-refractivity contribution in [3.8, 4) is 5.69 Å². The fourth-order valence-corrected chi connectivity index (χ4v) is 2.38. The van der Waals surface area contributed by atoms with Crippen LogP contribution in [0.25, 0.3) is 5.69 Å². The summed E-state index contributed by atoms with van der Waals surface area (Å²) < 4.78 is 1.83. The third-order valence-electron chi connectivity index (χ3n) is 3.74. The molecule has 1 heterocycles. The summed E-state index contributed by atoms with van der Waals surface area (Å²) in [5.74, 6) is 0.0970. The molecule has 0 fully saturated rings. The van der Waals surface area contributed by atoms with Crippen LogP contribution in [0.5, 0.6) is 0 Å². The van der Waals surface area contributed by atoms with E-state index in [1.165, 1.54) is 0 Å². The van der Waals surface area contributed by atoms with Crippen molar-refractivity contribution in [2.75, 3.05) is 19.4 Å². The highest BCUT2D eigenvalue weighted by molar-refractivity contribution is 5.78. The zero-order valence-corrected chi connectivity index (χ0v) is 13.8. The predicted molar refractivity (Wildman–Crippen MR) is 95.7 cm³/mol. The van der Waals surface area contributed by atoms with Crippen LogP contribution in [-0.2, 0) is 11.2 Å². The van der Waals surface area contributed by atoms with Crippen LogP contribution < -0.4 is 5.32 Å². The molecule has 3 aromatic rings. The number of amides is 1. The lowest BCUT2D eigenvalue weighted by atomic mass is 10.1. The van der Waals surface area contributed by atoms with Crippen molar-refractivity contribution in [2.45, 2.75) is 6.42 Å². The van der Waals surface area contributed by atoms with Gasteiger partial charge in [-0.1, -0.05) is 24.3 Å². The Kier molecular flexibility index (Phi) is 4.61. The van der Waals surface area contributed by atoms with Crippen molar-refractivity contribution in [3.05, 3.63) is 72.6 Å². The third-order valence-corrected chi connectivity index (χ3v) is 3.74. The number of hydrogen-bond donors (Lipinski definition) is 1. The standard InChI is InChI=1S/C19H20N4O/c1-22(2)19(24)14-15-8-10-16(11-9-15)21-17-6-3-4-7-18(17)23-13-5-12-20-23/h3-13,21H,14H2,1-2H3. The van der Waals surface area contributed by atoms with E-state index in [0.29, 0.717) is 6.42 Å². The zero-order valence-electron chi connectivity index (χ0n) is 13.8. The number of aromatic nitrogens is 2. The third kappa shape index (κ3) is 3.63. The van der Waals surface area contributed by atoms with Gasteiger partial charge >= 0.3 is 0 Å². The maximum atomic E-state index is 11.8. The SMILES string of the molecule is CN(C)C(=O)Cc1ccc(Nc2ccccc2-n2cccn2)cc1. The highest BCUT2D eigenvalue weighted by atomic mass is 16.2. The molecule has 0 atom stereocenters. The highest BCUT2D eigenvalue weighted by Gasteiger charge is 2.07. The monoisotopic (exact) mass is 320 g/mol. The van der Waals surface area contributed by atoms with E-state index in [2.05, 4.69) is 10.4 Å². The summed E-state index contributed by atoms with van der Waals surface area (Å²) in [7, 11) is 3.54. The maximum Gasteiger partial charge on any atom is 0.226 e. The Morgan fingerprint density at radius 1 is 1.08 bits per heavy atom. The molecular weight excluding hydrogens is 300 g/mol. The van der Waals surface area contributed by atoms with Crippen molar-refractivity contribution in [1.29, 1.82) is 0 Å². The van der Waals surface area contributed by atoms with E-state index in [1.807, 2.05) is 65.5 Å². The molecule has 3 rings (SSSR count). The molecule has 0 saturated heterocycles. The van der Waals surface area contributed by atoms with Crippen LogP contribution in [0.15, 0.2) is 67.0 Å². The number of rotatable bonds is 5.